The van der Waals surface area contributed by atoms with Crippen LogP contribution in [-0.2, 0) is 17.6 Å². The van der Waals surface area contributed by atoms with Crippen molar-refractivity contribution < 1.29 is 4.79 Å². The number of aryl methyl sites for hydroxylation is 1. The van der Waals surface area contributed by atoms with E-state index in [2.05, 4.69) is 51.8 Å². The number of likely N-dealkylation sites (tertiary alicyclic amines) is 1. The number of amides is 1. The minimum Gasteiger partial charge on any atom is -0.370 e. The molecule has 1 fully saturated rings. The molecule has 1 saturated heterocycles. The van der Waals surface area contributed by atoms with Crippen molar-refractivity contribution in [1.29, 1.82) is 0 Å². The topological polar surface area (TPSA) is 62.1 Å². The molecule has 2 aliphatic rings. The molecule has 1 unspecified atom stereocenters. The predicted molar refractivity (Wildman–Crippen MR) is 109 cm³/mol. The summed E-state index contributed by atoms with van der Waals surface area (Å²) in [6, 6.07) is 5.05. The molecule has 3 atom stereocenters. The highest BCUT2D eigenvalue weighted by Crippen LogP contribution is 2.47. The van der Waals surface area contributed by atoms with Crippen LogP contribution in [0.15, 0.2) is 16.6 Å². The van der Waals surface area contributed by atoms with Gasteiger partial charge in [-0.05, 0) is 61.4 Å². The summed E-state index contributed by atoms with van der Waals surface area (Å²) in [7, 11) is 0. The number of aromatic nitrogens is 1. The third kappa shape index (κ3) is 2.99. The quantitative estimate of drug-likeness (QED) is 0.768. The van der Waals surface area contributed by atoms with E-state index >= 15 is 0 Å². The predicted octanol–water partition coefficient (Wildman–Crippen LogP) is 4.11. The number of nitrogens with zero attached hydrogens (tertiary/aromatic N) is 1. The molecule has 1 aliphatic carbocycles. The molecule has 0 saturated carbocycles. The van der Waals surface area contributed by atoms with Crippen LogP contribution in [0.4, 0.5) is 0 Å². The van der Waals surface area contributed by atoms with Gasteiger partial charge in [0.15, 0.2) is 0 Å². The number of nitrogens with two attached hydrogens (primary N) is 1. The van der Waals surface area contributed by atoms with Gasteiger partial charge in [-0.2, -0.15) is 0 Å². The van der Waals surface area contributed by atoms with Crippen molar-refractivity contribution in [1.82, 2.24) is 9.88 Å². The third-order valence-corrected chi connectivity index (χ3v) is 6.72. The zero-order chi connectivity index (χ0) is 18.4. The number of carbonyl (C=O) groups is 1. The number of carbonyl (C=O) groups excluding carboxylic acids is 1. The van der Waals surface area contributed by atoms with Gasteiger partial charge in [0.1, 0.15) is 0 Å². The first-order chi connectivity index (χ1) is 12.5. The fourth-order valence-corrected chi connectivity index (χ4v) is 5.85. The van der Waals surface area contributed by atoms with Crippen LogP contribution in [0.5, 0.6) is 0 Å². The molecule has 2 aromatic rings. The smallest absolute Gasteiger partial charge is 0.217 e. The Hall–Kier alpha value is -1.33. The highest BCUT2D eigenvalue weighted by Gasteiger charge is 2.41. The molecule has 1 aromatic carbocycles. The second-order valence-corrected chi connectivity index (χ2v) is 8.91. The lowest BCUT2D eigenvalue weighted by Gasteiger charge is -2.47. The highest BCUT2D eigenvalue weighted by molar-refractivity contribution is 9.10. The molecule has 140 valence electrons. The van der Waals surface area contributed by atoms with E-state index in [0.717, 1.165) is 43.2 Å². The number of benzene rings is 1. The molecule has 4 rings (SSSR count). The monoisotopic (exact) mass is 417 g/mol. The second kappa shape index (κ2) is 7.01. The number of H-pyrrole nitrogens is 1. The van der Waals surface area contributed by atoms with Gasteiger partial charge in [0, 0.05) is 46.0 Å². The molecule has 26 heavy (non-hydrogen) atoms. The van der Waals surface area contributed by atoms with Crippen molar-refractivity contribution in [2.24, 2.45) is 11.7 Å². The molecule has 0 radical (unpaired) electrons. The van der Waals surface area contributed by atoms with Crippen LogP contribution in [0.25, 0.3) is 10.9 Å². The maximum absolute atomic E-state index is 11.6. The van der Waals surface area contributed by atoms with Crippen molar-refractivity contribution >= 4 is 32.7 Å². The maximum atomic E-state index is 11.6. The van der Waals surface area contributed by atoms with Crippen LogP contribution >= 0.6 is 15.9 Å². The van der Waals surface area contributed by atoms with Crippen LogP contribution < -0.4 is 5.73 Å². The highest BCUT2D eigenvalue weighted by atomic mass is 79.9. The van der Waals surface area contributed by atoms with Crippen molar-refractivity contribution in [2.45, 2.75) is 57.9 Å². The zero-order valence-electron chi connectivity index (χ0n) is 15.6. The number of nitrogens with one attached hydrogen (secondary N) is 1. The van der Waals surface area contributed by atoms with Crippen molar-refractivity contribution in [3.05, 3.63) is 33.4 Å². The van der Waals surface area contributed by atoms with Gasteiger partial charge >= 0.3 is 0 Å². The summed E-state index contributed by atoms with van der Waals surface area (Å²) in [5, 5.41) is 1.43. The standard InChI is InChI=1S/C21H28BrN3O/c1-3-5-25-11-12(7-20(23)26)6-14-15-8-13(22)9-18-21(15)16(10-19(14)25)17(4-2)24-18/h8-9,12,14,19,24H,3-7,10-11H2,1-2H3,(H2,23,26)/t12-,14?,19+/m0/s1. The van der Waals surface area contributed by atoms with Crippen molar-refractivity contribution in [3.63, 3.8) is 0 Å². The Morgan fingerprint density at radius 1 is 1.38 bits per heavy atom. The normalized spacial score (nSPS) is 25.4. The lowest BCUT2D eigenvalue weighted by atomic mass is 9.71. The average molecular weight is 418 g/mol. The first kappa shape index (κ1) is 18.1. The molecule has 1 aliphatic heterocycles. The number of hydrogen-bond donors (Lipinski definition) is 2. The first-order valence-corrected chi connectivity index (χ1v) is 10.7. The van der Waals surface area contributed by atoms with E-state index < -0.39 is 0 Å². The fourth-order valence-electron chi connectivity index (χ4n) is 5.38. The molecular formula is C21H28BrN3O. The summed E-state index contributed by atoms with van der Waals surface area (Å²) in [6.07, 6.45) is 4.86. The first-order valence-electron chi connectivity index (χ1n) is 9.87. The Morgan fingerprint density at radius 2 is 2.19 bits per heavy atom. The third-order valence-electron chi connectivity index (χ3n) is 6.27. The number of piperidine rings is 1. The Balaban J connectivity index is 1.82. The molecule has 0 spiro atoms. The van der Waals surface area contributed by atoms with E-state index in [0.29, 0.717) is 24.3 Å². The van der Waals surface area contributed by atoms with Crippen LogP contribution in [0.3, 0.4) is 0 Å². The van der Waals surface area contributed by atoms with Crippen LogP contribution in [0.1, 0.15) is 55.8 Å². The van der Waals surface area contributed by atoms with E-state index in [1.165, 1.54) is 27.7 Å². The van der Waals surface area contributed by atoms with E-state index in [1.807, 2.05) is 0 Å². The number of hydrogen-bond acceptors (Lipinski definition) is 2. The summed E-state index contributed by atoms with van der Waals surface area (Å²) in [6.45, 7) is 6.56. The summed E-state index contributed by atoms with van der Waals surface area (Å²) in [5.74, 6) is 0.670. The van der Waals surface area contributed by atoms with Crippen molar-refractivity contribution in [3.8, 4) is 0 Å². The largest absolute Gasteiger partial charge is 0.370 e. The molecule has 0 bridgehead atoms. The molecular weight excluding hydrogens is 390 g/mol. The summed E-state index contributed by atoms with van der Waals surface area (Å²) in [4.78, 5) is 17.9. The SMILES string of the molecule is CCCN1C[C@H](CC(N)=O)CC2c3cc(Br)cc4[nH]c(CC)c(c34)C[C@H]21. The number of rotatable bonds is 5. The summed E-state index contributed by atoms with van der Waals surface area (Å²) < 4.78 is 1.13. The molecule has 4 nitrogen and oxygen atoms in total. The summed E-state index contributed by atoms with van der Waals surface area (Å²) in [5.41, 5.74) is 11.1. The Morgan fingerprint density at radius 3 is 2.88 bits per heavy atom. The maximum Gasteiger partial charge on any atom is 0.217 e. The number of fused-ring (bicyclic) bond motifs is 2. The van der Waals surface area contributed by atoms with Gasteiger partial charge in [0.2, 0.25) is 5.91 Å². The van der Waals surface area contributed by atoms with Gasteiger partial charge in [0.25, 0.3) is 0 Å². The van der Waals surface area contributed by atoms with Gasteiger partial charge < -0.3 is 10.7 Å². The van der Waals surface area contributed by atoms with Crippen LogP contribution in [-0.4, -0.2) is 34.9 Å². The lowest BCUT2D eigenvalue weighted by Crippen LogP contribution is -2.50. The molecule has 2 heterocycles. The van der Waals surface area contributed by atoms with Gasteiger partial charge in [-0.25, -0.2) is 0 Å². The number of primary amides is 1. The van der Waals surface area contributed by atoms with E-state index in [1.54, 1.807) is 0 Å². The molecule has 1 amide bonds. The number of aromatic amines is 1. The van der Waals surface area contributed by atoms with E-state index in [9.17, 15) is 4.79 Å². The molecule has 5 heteroatoms. The summed E-state index contributed by atoms with van der Waals surface area (Å²) >= 11 is 3.71. The minimum absolute atomic E-state index is 0.171. The Kier molecular flexibility index (Phi) is 4.86. The minimum atomic E-state index is -0.171. The van der Waals surface area contributed by atoms with Crippen molar-refractivity contribution in [2.75, 3.05) is 13.1 Å². The van der Waals surface area contributed by atoms with Crippen LogP contribution in [0, 0.1) is 5.92 Å². The van der Waals surface area contributed by atoms with Gasteiger partial charge in [-0.15, -0.1) is 0 Å². The fraction of sp³-hybridized carbons (Fsp3) is 0.571. The lowest BCUT2D eigenvalue weighted by molar-refractivity contribution is -0.119. The van der Waals surface area contributed by atoms with E-state index in [-0.39, 0.29) is 5.91 Å². The number of halogens is 1. The molecule has 3 N–H and O–H groups in total. The second-order valence-electron chi connectivity index (χ2n) is 8.00. The Labute approximate surface area is 163 Å². The van der Waals surface area contributed by atoms with E-state index in [4.69, 9.17) is 5.73 Å². The van der Waals surface area contributed by atoms with Crippen LogP contribution in [0.2, 0.25) is 0 Å². The molecule has 1 aromatic heterocycles. The van der Waals surface area contributed by atoms with Gasteiger partial charge in [-0.3, -0.25) is 9.69 Å². The zero-order valence-corrected chi connectivity index (χ0v) is 17.2. The van der Waals surface area contributed by atoms with Gasteiger partial charge in [-0.1, -0.05) is 29.8 Å². The average Bonchev–Trinajstić information content (AvgIpc) is 2.93. The Bertz CT molecular complexity index is 843. The van der Waals surface area contributed by atoms with Gasteiger partial charge in [0.05, 0.1) is 0 Å².